The van der Waals surface area contributed by atoms with E-state index in [0.29, 0.717) is 25.1 Å². The van der Waals surface area contributed by atoms with Crippen molar-refractivity contribution in [3.8, 4) is 11.1 Å². The zero-order valence-corrected chi connectivity index (χ0v) is 18.7. The fraction of sp³-hybridized carbons (Fsp3) is 0.296. The predicted octanol–water partition coefficient (Wildman–Crippen LogP) is 4.27. The molecule has 1 fully saturated rings. The number of likely N-dealkylation sites (tertiary alicyclic amines) is 1. The molecule has 32 heavy (non-hydrogen) atoms. The second kappa shape index (κ2) is 9.35. The number of amides is 2. The molecular weight excluding hydrogens is 398 g/mol. The number of nitrogens with zero attached hydrogens (tertiary/aromatic N) is 2. The molecule has 1 atom stereocenters. The number of rotatable bonds is 5. The van der Waals surface area contributed by atoms with Crippen molar-refractivity contribution >= 4 is 11.8 Å². The highest BCUT2D eigenvalue weighted by molar-refractivity contribution is 5.94. The van der Waals surface area contributed by atoms with Gasteiger partial charge in [0.05, 0.1) is 11.0 Å². The summed E-state index contributed by atoms with van der Waals surface area (Å²) in [6, 6.07) is 20.3. The van der Waals surface area contributed by atoms with Crippen LogP contribution in [0.5, 0.6) is 0 Å². The number of aryl methyl sites for hydroxylation is 1. The Hall–Kier alpha value is -3.47. The fourth-order valence-corrected chi connectivity index (χ4v) is 4.71. The second-order valence-corrected chi connectivity index (χ2v) is 8.63. The third kappa shape index (κ3) is 4.42. The molecule has 164 valence electrons. The third-order valence-electron chi connectivity index (χ3n) is 6.39. The van der Waals surface area contributed by atoms with Gasteiger partial charge in [-0.1, -0.05) is 54.1 Å². The summed E-state index contributed by atoms with van der Waals surface area (Å²) in [6.07, 6.45) is 5.35. The lowest BCUT2D eigenvalue weighted by Gasteiger charge is -2.42. The van der Waals surface area contributed by atoms with Crippen LogP contribution in [0.3, 0.4) is 0 Å². The predicted molar refractivity (Wildman–Crippen MR) is 126 cm³/mol. The van der Waals surface area contributed by atoms with Crippen LogP contribution in [0.4, 0.5) is 0 Å². The molecule has 3 aromatic rings. The number of carbonyl (C=O) groups excluding carboxylic acids is 2. The highest BCUT2D eigenvalue weighted by Gasteiger charge is 2.43. The minimum absolute atomic E-state index is 0.0140. The van der Waals surface area contributed by atoms with E-state index in [-0.39, 0.29) is 11.8 Å². The molecule has 2 amide bonds. The Labute approximate surface area is 189 Å². The maximum Gasteiger partial charge on any atom is 0.255 e. The largest absolute Gasteiger partial charge is 0.359 e. The molecule has 1 aliphatic heterocycles. The van der Waals surface area contributed by atoms with E-state index in [0.717, 1.165) is 29.5 Å². The van der Waals surface area contributed by atoms with Gasteiger partial charge in [0.1, 0.15) is 0 Å². The van der Waals surface area contributed by atoms with Crippen molar-refractivity contribution in [2.75, 3.05) is 20.1 Å². The van der Waals surface area contributed by atoms with Crippen molar-refractivity contribution < 1.29 is 9.59 Å². The van der Waals surface area contributed by atoms with Crippen molar-refractivity contribution in [2.45, 2.75) is 26.2 Å². The molecule has 2 aromatic carbocycles. The number of nitrogens with one attached hydrogen (secondary N) is 1. The van der Waals surface area contributed by atoms with Gasteiger partial charge in [-0.15, -0.1) is 0 Å². The molecule has 0 radical (unpaired) electrons. The molecule has 0 spiro atoms. The summed E-state index contributed by atoms with van der Waals surface area (Å²) in [5.41, 5.74) is 4.48. The van der Waals surface area contributed by atoms with Crippen molar-refractivity contribution in [2.24, 2.45) is 5.41 Å². The smallest absolute Gasteiger partial charge is 0.255 e. The van der Waals surface area contributed by atoms with Gasteiger partial charge in [0, 0.05) is 32.5 Å². The fourth-order valence-electron chi connectivity index (χ4n) is 4.71. The van der Waals surface area contributed by atoms with Gasteiger partial charge in [-0.25, -0.2) is 0 Å². The minimum Gasteiger partial charge on any atom is -0.359 e. The lowest BCUT2D eigenvalue weighted by Crippen LogP contribution is -2.54. The molecule has 1 N–H and O–H groups in total. The van der Waals surface area contributed by atoms with Crippen LogP contribution < -0.4 is 5.32 Å². The summed E-state index contributed by atoms with van der Waals surface area (Å²) in [4.78, 5) is 32.2. The Morgan fingerprint density at radius 2 is 1.84 bits per heavy atom. The van der Waals surface area contributed by atoms with Crippen LogP contribution in [0.15, 0.2) is 73.1 Å². The molecule has 0 unspecified atom stereocenters. The van der Waals surface area contributed by atoms with Crippen molar-refractivity contribution in [3.05, 3.63) is 89.7 Å². The second-order valence-electron chi connectivity index (χ2n) is 8.63. The van der Waals surface area contributed by atoms with Crippen LogP contribution in [-0.4, -0.2) is 41.8 Å². The monoisotopic (exact) mass is 427 g/mol. The van der Waals surface area contributed by atoms with E-state index < -0.39 is 5.41 Å². The first-order valence-corrected chi connectivity index (χ1v) is 11.1. The van der Waals surface area contributed by atoms with Gasteiger partial charge in [-0.3, -0.25) is 14.6 Å². The van der Waals surface area contributed by atoms with Gasteiger partial charge in [0.2, 0.25) is 5.91 Å². The number of hydrogen-bond acceptors (Lipinski definition) is 3. The molecule has 0 aliphatic carbocycles. The third-order valence-corrected chi connectivity index (χ3v) is 6.39. The molecule has 1 aromatic heterocycles. The number of carbonyl (C=O) groups is 2. The van der Waals surface area contributed by atoms with Crippen molar-refractivity contribution in [3.63, 3.8) is 0 Å². The Morgan fingerprint density at radius 1 is 1.06 bits per heavy atom. The van der Waals surface area contributed by atoms with E-state index in [9.17, 15) is 9.59 Å². The first kappa shape index (κ1) is 21.8. The Bertz CT molecular complexity index is 1100. The maximum absolute atomic E-state index is 13.2. The van der Waals surface area contributed by atoms with Crippen LogP contribution in [-0.2, 0) is 11.2 Å². The van der Waals surface area contributed by atoms with Crippen molar-refractivity contribution in [1.82, 2.24) is 15.2 Å². The van der Waals surface area contributed by atoms with E-state index in [2.05, 4.69) is 53.6 Å². The minimum atomic E-state index is -0.675. The highest BCUT2D eigenvalue weighted by atomic mass is 16.2. The molecule has 0 bridgehead atoms. The summed E-state index contributed by atoms with van der Waals surface area (Å²) in [6.45, 7) is 3.11. The maximum atomic E-state index is 13.2. The van der Waals surface area contributed by atoms with Gasteiger partial charge in [-0.05, 0) is 55.0 Å². The quantitative estimate of drug-likeness (QED) is 0.662. The molecule has 5 heteroatoms. The topological polar surface area (TPSA) is 62.3 Å². The number of benzene rings is 2. The molecular formula is C27H29N3O2. The van der Waals surface area contributed by atoms with E-state index in [1.165, 1.54) is 5.56 Å². The van der Waals surface area contributed by atoms with E-state index in [4.69, 9.17) is 0 Å². The first-order chi connectivity index (χ1) is 15.5. The molecule has 5 nitrogen and oxygen atoms in total. The Morgan fingerprint density at radius 3 is 2.56 bits per heavy atom. The number of hydrogen-bond donors (Lipinski definition) is 1. The lowest BCUT2D eigenvalue weighted by atomic mass is 9.73. The van der Waals surface area contributed by atoms with E-state index in [1.807, 2.05) is 17.0 Å². The van der Waals surface area contributed by atoms with Crippen molar-refractivity contribution in [1.29, 1.82) is 0 Å². The van der Waals surface area contributed by atoms with Gasteiger partial charge in [-0.2, -0.15) is 0 Å². The number of pyridine rings is 1. The van der Waals surface area contributed by atoms with Crippen LogP contribution in [0.2, 0.25) is 0 Å². The summed E-state index contributed by atoms with van der Waals surface area (Å²) >= 11 is 0. The number of aromatic nitrogens is 1. The van der Waals surface area contributed by atoms with Gasteiger partial charge in [0.25, 0.3) is 5.91 Å². The molecule has 1 aliphatic rings. The summed E-state index contributed by atoms with van der Waals surface area (Å²) in [5.74, 6) is -0.0854. The first-order valence-electron chi connectivity index (χ1n) is 11.1. The summed E-state index contributed by atoms with van der Waals surface area (Å²) in [7, 11) is 1.68. The standard InChI is InChI=1S/C27H29N3O2/c1-20-10-12-21(13-11-20)24-9-4-3-7-22(24)17-27(26(32)28-2)14-6-16-30(19-27)25(31)23-8-5-15-29-18-23/h3-5,7-13,15,18H,6,14,16-17,19H2,1-2H3,(H,28,32)/t27-/m1/s1. The molecule has 4 rings (SSSR count). The van der Waals surface area contributed by atoms with Crippen LogP contribution >= 0.6 is 0 Å². The lowest BCUT2D eigenvalue weighted by molar-refractivity contribution is -0.133. The highest BCUT2D eigenvalue weighted by Crippen LogP contribution is 2.37. The zero-order valence-electron chi connectivity index (χ0n) is 18.7. The van der Waals surface area contributed by atoms with Crippen LogP contribution in [0.1, 0.15) is 34.3 Å². The normalized spacial score (nSPS) is 18.2. The van der Waals surface area contributed by atoms with E-state index in [1.54, 1.807) is 31.6 Å². The molecule has 2 heterocycles. The Kier molecular flexibility index (Phi) is 6.35. The van der Waals surface area contributed by atoms with E-state index >= 15 is 0 Å². The molecule has 0 saturated carbocycles. The molecule has 1 saturated heterocycles. The van der Waals surface area contributed by atoms with Gasteiger partial charge in [0.15, 0.2) is 0 Å². The summed E-state index contributed by atoms with van der Waals surface area (Å²) in [5, 5.41) is 2.87. The van der Waals surface area contributed by atoms with Gasteiger partial charge >= 0.3 is 0 Å². The van der Waals surface area contributed by atoms with Crippen LogP contribution in [0.25, 0.3) is 11.1 Å². The van der Waals surface area contributed by atoms with Crippen LogP contribution in [0, 0.1) is 12.3 Å². The Balaban J connectivity index is 1.67. The zero-order chi connectivity index (χ0) is 22.6. The summed E-state index contributed by atoms with van der Waals surface area (Å²) < 4.78 is 0. The number of piperidine rings is 1. The average molecular weight is 428 g/mol. The average Bonchev–Trinajstić information content (AvgIpc) is 2.84. The SMILES string of the molecule is CNC(=O)[C@@]1(Cc2ccccc2-c2ccc(C)cc2)CCCN(C(=O)c2cccnc2)C1. The van der Waals surface area contributed by atoms with Gasteiger partial charge < -0.3 is 10.2 Å².